The summed E-state index contributed by atoms with van der Waals surface area (Å²) in [6.07, 6.45) is 5.46. The molecule has 1 fully saturated rings. The third-order valence-corrected chi connectivity index (χ3v) is 5.38. The topological polar surface area (TPSA) is 67.2 Å². The number of anilines is 1. The summed E-state index contributed by atoms with van der Waals surface area (Å²) in [6.45, 7) is 1.25. The van der Waals surface area contributed by atoms with Gasteiger partial charge in [-0.05, 0) is 36.6 Å². The molecule has 1 aromatic carbocycles. The number of rotatable bonds is 2. The Hall–Kier alpha value is -2.70. The maximum atomic E-state index is 13.7. The third-order valence-electron chi connectivity index (χ3n) is 5.38. The number of fused-ring (bicyclic) bond motifs is 1. The molecule has 6 nitrogen and oxygen atoms in total. The maximum Gasteiger partial charge on any atom is 0.230 e. The van der Waals surface area contributed by atoms with Crippen LogP contribution in [0.2, 0.25) is 0 Å². The van der Waals surface area contributed by atoms with Crippen LogP contribution in [0.25, 0.3) is 0 Å². The minimum absolute atomic E-state index is 0.0641. The Morgan fingerprint density at radius 2 is 2.08 bits per heavy atom. The van der Waals surface area contributed by atoms with Crippen LogP contribution in [0.1, 0.15) is 42.5 Å². The molecule has 1 N–H and O–H groups in total. The van der Waals surface area contributed by atoms with Crippen molar-refractivity contribution in [1.29, 1.82) is 0 Å². The number of imidazole rings is 1. The van der Waals surface area contributed by atoms with Gasteiger partial charge in [0.25, 0.3) is 0 Å². The van der Waals surface area contributed by atoms with Gasteiger partial charge in [0.05, 0.1) is 5.92 Å². The van der Waals surface area contributed by atoms with Gasteiger partial charge in [-0.3, -0.25) is 9.59 Å². The lowest BCUT2D eigenvalue weighted by Gasteiger charge is -2.35. The number of amides is 2. The highest BCUT2D eigenvalue weighted by Crippen LogP contribution is 2.35. The van der Waals surface area contributed by atoms with E-state index in [-0.39, 0.29) is 18.2 Å². The highest BCUT2D eigenvalue weighted by atomic mass is 19.1. The summed E-state index contributed by atoms with van der Waals surface area (Å²) in [5, 5.41) is 2.72. The summed E-state index contributed by atoms with van der Waals surface area (Å²) in [4.78, 5) is 31.2. The van der Waals surface area contributed by atoms with E-state index >= 15 is 0 Å². The second-order valence-electron chi connectivity index (χ2n) is 7.03. The molecule has 0 saturated carbocycles. The molecule has 26 heavy (non-hydrogen) atoms. The zero-order chi connectivity index (χ0) is 18.3. The summed E-state index contributed by atoms with van der Waals surface area (Å²) < 4.78 is 15.7. The maximum absolute atomic E-state index is 13.7. The quantitative estimate of drug-likeness (QED) is 0.898. The van der Waals surface area contributed by atoms with Crippen molar-refractivity contribution < 1.29 is 14.0 Å². The molecule has 7 heteroatoms. The van der Waals surface area contributed by atoms with Crippen molar-refractivity contribution in [2.45, 2.75) is 31.1 Å². The van der Waals surface area contributed by atoms with Crippen LogP contribution in [0.15, 0.2) is 30.6 Å². The van der Waals surface area contributed by atoms with E-state index in [2.05, 4.69) is 10.3 Å². The molecule has 0 radical (unpaired) electrons. The lowest BCUT2D eigenvalue weighted by atomic mass is 9.87. The number of aryl methyl sites for hydroxylation is 1. The summed E-state index contributed by atoms with van der Waals surface area (Å²) in [6, 6.07) is 4.18. The van der Waals surface area contributed by atoms with Gasteiger partial charge in [-0.25, -0.2) is 9.37 Å². The van der Waals surface area contributed by atoms with E-state index in [1.165, 1.54) is 18.2 Å². The Morgan fingerprint density at radius 3 is 2.77 bits per heavy atom. The van der Waals surface area contributed by atoms with Gasteiger partial charge in [0.2, 0.25) is 11.8 Å². The minimum Gasteiger partial charge on any atom is -0.342 e. The van der Waals surface area contributed by atoms with Crippen molar-refractivity contribution in [2.75, 3.05) is 18.4 Å². The summed E-state index contributed by atoms with van der Waals surface area (Å²) >= 11 is 0. The van der Waals surface area contributed by atoms with Crippen LogP contribution in [-0.2, 0) is 16.6 Å². The Balaban J connectivity index is 1.50. The van der Waals surface area contributed by atoms with Gasteiger partial charge in [-0.1, -0.05) is 0 Å². The second-order valence-corrected chi connectivity index (χ2v) is 7.03. The van der Waals surface area contributed by atoms with Gasteiger partial charge < -0.3 is 14.8 Å². The summed E-state index contributed by atoms with van der Waals surface area (Å²) in [7, 11) is 1.98. The lowest BCUT2D eigenvalue weighted by molar-refractivity contribution is -0.136. The van der Waals surface area contributed by atoms with Crippen LogP contribution in [0.3, 0.4) is 0 Å². The first-order chi connectivity index (χ1) is 12.5. The van der Waals surface area contributed by atoms with Crippen molar-refractivity contribution in [3.8, 4) is 0 Å². The number of piperidine rings is 1. The molecule has 0 aliphatic carbocycles. The van der Waals surface area contributed by atoms with E-state index in [0.29, 0.717) is 30.3 Å². The normalized spacial score (nSPS) is 20.6. The molecule has 2 aliphatic rings. The molecule has 2 amide bonds. The first-order valence-electron chi connectivity index (χ1n) is 8.88. The van der Waals surface area contributed by atoms with E-state index in [1.807, 2.05) is 17.8 Å². The Labute approximate surface area is 151 Å². The highest BCUT2D eigenvalue weighted by molar-refractivity contribution is 6.01. The fourth-order valence-corrected chi connectivity index (χ4v) is 4.00. The molecule has 1 saturated heterocycles. The third kappa shape index (κ3) is 2.98. The first-order valence-corrected chi connectivity index (χ1v) is 8.88. The van der Waals surface area contributed by atoms with Crippen LogP contribution < -0.4 is 5.32 Å². The van der Waals surface area contributed by atoms with Crippen LogP contribution in [0.5, 0.6) is 0 Å². The number of aromatic nitrogens is 2. The van der Waals surface area contributed by atoms with Gasteiger partial charge >= 0.3 is 0 Å². The molecule has 136 valence electrons. The van der Waals surface area contributed by atoms with Crippen molar-refractivity contribution in [3.05, 3.63) is 47.8 Å². The molecular formula is C19H21FN4O2. The lowest BCUT2D eigenvalue weighted by Crippen LogP contribution is -2.42. The van der Waals surface area contributed by atoms with Gasteiger partial charge in [0.1, 0.15) is 11.6 Å². The number of likely N-dealkylation sites (tertiary alicyclic amines) is 1. The van der Waals surface area contributed by atoms with Gasteiger partial charge in [0, 0.05) is 50.6 Å². The SMILES string of the molecule is Cn1ccnc1C1CCN(C(=O)C2CC(=O)Nc3ccc(F)cc32)CC1. The molecule has 4 rings (SSSR count). The predicted molar refractivity (Wildman–Crippen MR) is 94.2 cm³/mol. The molecular weight excluding hydrogens is 335 g/mol. The van der Waals surface area contributed by atoms with E-state index in [4.69, 9.17) is 0 Å². The molecule has 2 aromatic rings. The molecule has 2 aliphatic heterocycles. The van der Waals surface area contributed by atoms with Crippen molar-refractivity contribution >= 4 is 17.5 Å². The molecule has 0 bridgehead atoms. The van der Waals surface area contributed by atoms with E-state index in [1.54, 1.807) is 11.1 Å². The summed E-state index contributed by atoms with van der Waals surface area (Å²) in [5.74, 6) is 0.0701. The number of carbonyl (C=O) groups is 2. The number of halogens is 1. The van der Waals surface area contributed by atoms with Gasteiger partial charge in [-0.15, -0.1) is 0 Å². The Kier molecular flexibility index (Phi) is 4.22. The predicted octanol–water partition coefficient (Wildman–Crippen LogP) is 2.39. The number of nitrogens with one attached hydrogen (secondary N) is 1. The van der Waals surface area contributed by atoms with Gasteiger partial charge in [0.15, 0.2) is 0 Å². The van der Waals surface area contributed by atoms with Crippen LogP contribution in [-0.4, -0.2) is 39.4 Å². The van der Waals surface area contributed by atoms with Crippen LogP contribution in [0.4, 0.5) is 10.1 Å². The van der Waals surface area contributed by atoms with Crippen molar-refractivity contribution in [2.24, 2.45) is 7.05 Å². The Morgan fingerprint density at radius 1 is 1.31 bits per heavy atom. The number of hydrogen-bond acceptors (Lipinski definition) is 3. The summed E-state index contributed by atoms with van der Waals surface area (Å²) in [5.41, 5.74) is 1.10. The van der Waals surface area contributed by atoms with E-state index in [9.17, 15) is 14.0 Å². The fraction of sp³-hybridized carbons (Fsp3) is 0.421. The monoisotopic (exact) mass is 356 g/mol. The zero-order valence-electron chi connectivity index (χ0n) is 14.6. The van der Waals surface area contributed by atoms with E-state index < -0.39 is 11.7 Å². The van der Waals surface area contributed by atoms with Crippen molar-refractivity contribution in [1.82, 2.24) is 14.5 Å². The number of benzene rings is 1. The number of hydrogen-bond donors (Lipinski definition) is 1. The molecule has 1 atom stereocenters. The molecule has 1 aromatic heterocycles. The molecule has 0 spiro atoms. The average molecular weight is 356 g/mol. The fourth-order valence-electron chi connectivity index (χ4n) is 4.00. The highest BCUT2D eigenvalue weighted by Gasteiger charge is 2.35. The standard InChI is InChI=1S/C19H21FN4O2/c1-23-9-6-21-18(23)12-4-7-24(8-5-12)19(26)15-11-17(25)22-16-3-2-13(20)10-14(15)16/h2-3,6,9-10,12,15H,4-5,7-8,11H2,1H3,(H,22,25). The largest absolute Gasteiger partial charge is 0.342 e. The number of nitrogens with zero attached hydrogens (tertiary/aromatic N) is 3. The second kappa shape index (κ2) is 6.55. The average Bonchev–Trinajstić information content (AvgIpc) is 3.07. The zero-order valence-corrected chi connectivity index (χ0v) is 14.6. The van der Waals surface area contributed by atoms with Gasteiger partial charge in [-0.2, -0.15) is 0 Å². The Bertz CT molecular complexity index is 855. The van der Waals surface area contributed by atoms with Crippen LogP contribution in [0, 0.1) is 5.82 Å². The minimum atomic E-state index is -0.612. The first kappa shape index (κ1) is 16.8. The van der Waals surface area contributed by atoms with Crippen LogP contribution >= 0.6 is 0 Å². The number of carbonyl (C=O) groups excluding carboxylic acids is 2. The molecule has 3 heterocycles. The van der Waals surface area contributed by atoms with E-state index in [0.717, 1.165) is 18.7 Å². The van der Waals surface area contributed by atoms with Crippen molar-refractivity contribution in [3.63, 3.8) is 0 Å². The molecule has 1 unspecified atom stereocenters. The smallest absolute Gasteiger partial charge is 0.230 e.